The topological polar surface area (TPSA) is 122 Å². The Labute approximate surface area is 223 Å². The molecule has 0 unspecified atom stereocenters. The third-order valence-corrected chi connectivity index (χ3v) is 6.93. The van der Waals surface area contributed by atoms with Gasteiger partial charge in [0.1, 0.15) is 16.8 Å². The van der Waals surface area contributed by atoms with Gasteiger partial charge in [0.15, 0.2) is 5.78 Å². The number of fused-ring (bicyclic) bond motifs is 1. The van der Waals surface area contributed by atoms with Crippen LogP contribution >= 0.6 is 0 Å². The summed E-state index contributed by atoms with van der Waals surface area (Å²) in [7, 11) is 1.76. The predicted octanol–water partition coefficient (Wildman–Crippen LogP) is 4.05. The quantitative estimate of drug-likeness (QED) is 0.587. The molecule has 3 heterocycles. The summed E-state index contributed by atoms with van der Waals surface area (Å²) in [4.78, 5) is 44.1. The minimum absolute atomic E-state index is 0.0182. The molecule has 9 heteroatoms. The van der Waals surface area contributed by atoms with Gasteiger partial charge in [0.25, 0.3) is 5.91 Å². The number of hydrogen-bond acceptors (Lipinski definition) is 7. The van der Waals surface area contributed by atoms with Crippen LogP contribution in [0.1, 0.15) is 61.6 Å². The second-order valence-electron chi connectivity index (χ2n) is 11.1. The molecule has 1 saturated heterocycles. The molecule has 1 aromatic heterocycles. The normalized spacial score (nSPS) is 17.3. The van der Waals surface area contributed by atoms with Crippen molar-refractivity contribution in [3.8, 4) is 17.2 Å². The molecule has 2 aliphatic heterocycles. The Kier molecular flexibility index (Phi) is 7.83. The van der Waals surface area contributed by atoms with Crippen LogP contribution in [0, 0.1) is 17.2 Å². The summed E-state index contributed by atoms with van der Waals surface area (Å²) in [6, 6.07) is 12.1. The SMILES string of the molecule is CN1Cc2cc(-c3ccc(C[C@@H](C#N)CC(=O)C4(NC(=O)OC(C)(C)C)CCOCC4)cc3)cnc2C1=O. The highest BCUT2D eigenvalue weighted by Crippen LogP contribution is 2.29. The summed E-state index contributed by atoms with van der Waals surface area (Å²) in [5.74, 6) is -0.793. The first-order valence-electron chi connectivity index (χ1n) is 12.9. The lowest BCUT2D eigenvalue weighted by molar-refractivity contribution is -0.130. The zero-order valence-electron chi connectivity index (χ0n) is 22.4. The molecule has 0 bridgehead atoms. The second kappa shape index (κ2) is 10.9. The molecule has 2 amide bonds. The fourth-order valence-electron chi connectivity index (χ4n) is 4.88. The van der Waals surface area contributed by atoms with Gasteiger partial charge in [0.2, 0.25) is 0 Å². The van der Waals surface area contributed by atoms with Crippen molar-refractivity contribution in [1.29, 1.82) is 5.26 Å². The van der Waals surface area contributed by atoms with Gasteiger partial charge in [-0.3, -0.25) is 14.6 Å². The molecule has 2 aliphatic rings. The van der Waals surface area contributed by atoms with Gasteiger partial charge in [-0.1, -0.05) is 24.3 Å². The van der Waals surface area contributed by atoms with E-state index in [1.165, 1.54) is 0 Å². The van der Waals surface area contributed by atoms with Crippen LogP contribution in [0.4, 0.5) is 4.79 Å². The lowest BCUT2D eigenvalue weighted by atomic mass is 9.80. The van der Waals surface area contributed by atoms with Crippen LogP contribution in [0.25, 0.3) is 11.1 Å². The number of ether oxygens (including phenoxy) is 2. The van der Waals surface area contributed by atoms with E-state index in [0.29, 0.717) is 44.7 Å². The number of ketones is 1. The summed E-state index contributed by atoms with van der Waals surface area (Å²) in [6.07, 6.45) is 2.16. The summed E-state index contributed by atoms with van der Waals surface area (Å²) in [5.41, 5.74) is 2.42. The number of Topliss-reactive ketones (excluding diaryl/α,β-unsaturated/α-hetero) is 1. The van der Waals surface area contributed by atoms with Crippen molar-refractivity contribution in [3.05, 3.63) is 53.3 Å². The van der Waals surface area contributed by atoms with E-state index in [4.69, 9.17) is 9.47 Å². The van der Waals surface area contributed by atoms with E-state index in [0.717, 1.165) is 22.3 Å². The van der Waals surface area contributed by atoms with Crippen molar-refractivity contribution < 1.29 is 23.9 Å². The number of rotatable bonds is 7. The third-order valence-electron chi connectivity index (χ3n) is 6.93. The van der Waals surface area contributed by atoms with Gasteiger partial charge in [0.05, 0.1) is 12.0 Å². The number of nitrogens with one attached hydrogen (secondary N) is 1. The van der Waals surface area contributed by atoms with E-state index in [2.05, 4.69) is 16.4 Å². The molecule has 4 rings (SSSR count). The molecule has 1 fully saturated rings. The van der Waals surface area contributed by atoms with Crippen molar-refractivity contribution in [1.82, 2.24) is 15.2 Å². The minimum atomic E-state index is -1.10. The number of nitriles is 1. The zero-order valence-corrected chi connectivity index (χ0v) is 22.4. The number of pyridine rings is 1. The maximum Gasteiger partial charge on any atom is 0.408 e. The number of carbonyl (C=O) groups excluding carboxylic acids is 3. The van der Waals surface area contributed by atoms with Crippen LogP contribution in [-0.2, 0) is 27.2 Å². The molecule has 0 aliphatic carbocycles. The summed E-state index contributed by atoms with van der Waals surface area (Å²) >= 11 is 0. The molecule has 200 valence electrons. The van der Waals surface area contributed by atoms with E-state index in [1.54, 1.807) is 38.9 Å². The van der Waals surface area contributed by atoms with Crippen LogP contribution in [0.15, 0.2) is 36.5 Å². The van der Waals surface area contributed by atoms with E-state index < -0.39 is 23.2 Å². The van der Waals surface area contributed by atoms with Crippen LogP contribution < -0.4 is 5.32 Å². The van der Waals surface area contributed by atoms with Crippen molar-refractivity contribution in [3.63, 3.8) is 0 Å². The van der Waals surface area contributed by atoms with E-state index in [9.17, 15) is 19.6 Å². The smallest absolute Gasteiger partial charge is 0.408 e. The van der Waals surface area contributed by atoms with Gasteiger partial charge in [0, 0.05) is 63.4 Å². The predicted molar refractivity (Wildman–Crippen MR) is 140 cm³/mol. The van der Waals surface area contributed by atoms with Crippen LogP contribution in [0.3, 0.4) is 0 Å². The number of carbonyl (C=O) groups is 3. The number of benzene rings is 1. The molecule has 9 nitrogen and oxygen atoms in total. The highest BCUT2D eigenvalue weighted by molar-refractivity contribution is 5.96. The molecule has 0 radical (unpaired) electrons. The van der Waals surface area contributed by atoms with Gasteiger partial charge in [-0.2, -0.15) is 5.26 Å². The largest absolute Gasteiger partial charge is 0.444 e. The fraction of sp³-hybridized carbons (Fsp3) is 0.483. The van der Waals surface area contributed by atoms with E-state index >= 15 is 0 Å². The van der Waals surface area contributed by atoms with Crippen molar-refractivity contribution in [2.75, 3.05) is 20.3 Å². The zero-order chi connectivity index (χ0) is 27.5. The number of nitrogens with zero attached hydrogens (tertiary/aromatic N) is 3. The van der Waals surface area contributed by atoms with Crippen LogP contribution in [-0.4, -0.2) is 59.1 Å². The molecule has 1 N–H and O–H groups in total. The number of hydrogen-bond donors (Lipinski definition) is 1. The Morgan fingerprint density at radius 2 is 1.89 bits per heavy atom. The first-order valence-corrected chi connectivity index (χ1v) is 12.9. The van der Waals surface area contributed by atoms with Crippen LogP contribution in [0.2, 0.25) is 0 Å². The molecule has 1 atom stereocenters. The van der Waals surface area contributed by atoms with Crippen molar-refractivity contribution >= 4 is 17.8 Å². The minimum Gasteiger partial charge on any atom is -0.444 e. The monoisotopic (exact) mass is 518 g/mol. The average Bonchev–Trinajstić information content (AvgIpc) is 3.15. The maximum atomic E-state index is 13.4. The number of alkyl carbamates (subject to hydrolysis) is 1. The molecule has 2 aromatic rings. The molecule has 0 saturated carbocycles. The average molecular weight is 519 g/mol. The second-order valence-corrected chi connectivity index (χ2v) is 11.1. The van der Waals surface area contributed by atoms with Crippen LogP contribution in [0.5, 0.6) is 0 Å². The molecule has 1 aromatic carbocycles. The molecular formula is C29H34N4O5. The fourth-order valence-corrected chi connectivity index (χ4v) is 4.88. The van der Waals surface area contributed by atoms with Gasteiger partial charge in [-0.15, -0.1) is 0 Å². The Balaban J connectivity index is 1.42. The first kappa shape index (κ1) is 27.3. The summed E-state index contributed by atoms with van der Waals surface area (Å²) in [6.45, 7) is 6.54. The Morgan fingerprint density at radius 3 is 2.53 bits per heavy atom. The standard InChI is InChI=1S/C29H34N4O5/c1-28(2,3)38-27(36)32-29(9-11-37-12-10-29)24(34)14-20(16-30)13-19-5-7-21(8-6-19)22-15-23-18-33(4)26(35)25(23)31-17-22/h5-8,15,17,20H,9-14,18H2,1-4H3,(H,32,36)/t20-/m1/s1. The maximum absolute atomic E-state index is 13.4. The third kappa shape index (κ3) is 6.20. The Hall–Kier alpha value is -3.77. The van der Waals surface area contributed by atoms with Gasteiger partial charge < -0.3 is 19.7 Å². The lowest BCUT2D eigenvalue weighted by Crippen LogP contribution is -2.58. The summed E-state index contributed by atoms with van der Waals surface area (Å²) < 4.78 is 10.8. The van der Waals surface area contributed by atoms with Crippen molar-refractivity contribution in [2.24, 2.45) is 5.92 Å². The van der Waals surface area contributed by atoms with Gasteiger partial charge in [-0.05, 0) is 44.4 Å². The molecule has 38 heavy (non-hydrogen) atoms. The number of aromatic nitrogens is 1. The Bertz CT molecular complexity index is 1250. The van der Waals surface area contributed by atoms with E-state index in [1.807, 2.05) is 30.3 Å². The van der Waals surface area contributed by atoms with Gasteiger partial charge in [-0.25, -0.2) is 4.79 Å². The van der Waals surface area contributed by atoms with E-state index in [-0.39, 0.29) is 18.1 Å². The summed E-state index contributed by atoms with van der Waals surface area (Å²) in [5, 5.41) is 12.6. The number of amides is 2. The highest BCUT2D eigenvalue weighted by atomic mass is 16.6. The highest BCUT2D eigenvalue weighted by Gasteiger charge is 2.42. The Morgan fingerprint density at radius 1 is 1.21 bits per heavy atom. The molecular weight excluding hydrogens is 484 g/mol. The van der Waals surface area contributed by atoms with Gasteiger partial charge >= 0.3 is 6.09 Å². The lowest BCUT2D eigenvalue weighted by Gasteiger charge is -2.37. The molecule has 0 spiro atoms. The first-order chi connectivity index (χ1) is 18.0. The van der Waals surface area contributed by atoms with Crippen molar-refractivity contribution in [2.45, 2.75) is 64.1 Å².